The van der Waals surface area contributed by atoms with Crippen LogP contribution in [-0.4, -0.2) is 37.3 Å². The molecule has 0 radical (unpaired) electrons. The van der Waals surface area contributed by atoms with Crippen LogP contribution < -0.4 is 10.1 Å². The van der Waals surface area contributed by atoms with Crippen LogP contribution in [0.2, 0.25) is 0 Å². The number of likely N-dealkylation sites (tertiary alicyclic amines) is 1. The van der Waals surface area contributed by atoms with Crippen LogP contribution in [0, 0.1) is 17.6 Å². The molecule has 1 aromatic rings. The molecule has 0 aliphatic carbocycles. The van der Waals surface area contributed by atoms with E-state index >= 15 is 0 Å². The van der Waals surface area contributed by atoms with Gasteiger partial charge in [0, 0.05) is 12.6 Å². The summed E-state index contributed by atoms with van der Waals surface area (Å²) >= 11 is 0. The molecule has 2 rings (SSSR count). The maximum Gasteiger partial charge on any atom is 0.162 e. The maximum absolute atomic E-state index is 13.4. The number of nitrogens with one attached hydrogen (secondary N) is 1. The van der Waals surface area contributed by atoms with Gasteiger partial charge in [-0.05, 0) is 63.4 Å². The highest BCUT2D eigenvalue weighted by Gasteiger charge is 2.14. The van der Waals surface area contributed by atoms with Crippen molar-refractivity contribution in [1.29, 1.82) is 0 Å². The standard InChI is InChI=1S/C19H30F2N2O/c1-15(2)14-22-19(7-6-12-23-10-4-3-5-11-23)24-16-8-9-17(20)18(21)13-16/h8-9,13,15,19,22H,3-7,10-12,14H2,1-2H3. The van der Waals surface area contributed by atoms with Crippen molar-refractivity contribution in [1.82, 2.24) is 10.2 Å². The summed E-state index contributed by atoms with van der Waals surface area (Å²) in [6, 6.07) is 3.70. The zero-order chi connectivity index (χ0) is 17.4. The van der Waals surface area contributed by atoms with E-state index in [1.54, 1.807) is 0 Å². The predicted octanol–water partition coefficient (Wildman–Crippen LogP) is 4.18. The van der Waals surface area contributed by atoms with Gasteiger partial charge in [0.15, 0.2) is 11.6 Å². The van der Waals surface area contributed by atoms with Crippen molar-refractivity contribution in [2.45, 2.75) is 52.2 Å². The average Bonchev–Trinajstić information content (AvgIpc) is 2.56. The van der Waals surface area contributed by atoms with Gasteiger partial charge in [-0.3, -0.25) is 5.32 Å². The molecule has 1 atom stereocenters. The number of halogens is 2. The summed E-state index contributed by atoms with van der Waals surface area (Å²) in [7, 11) is 0. The Morgan fingerprint density at radius 3 is 2.54 bits per heavy atom. The fourth-order valence-electron chi connectivity index (χ4n) is 2.97. The lowest BCUT2D eigenvalue weighted by atomic mass is 10.1. The number of nitrogens with zero attached hydrogens (tertiary/aromatic N) is 1. The number of hydrogen-bond donors (Lipinski definition) is 1. The Kier molecular flexibility index (Phi) is 7.92. The van der Waals surface area contributed by atoms with Gasteiger partial charge in [0.1, 0.15) is 12.0 Å². The number of piperidine rings is 1. The molecule has 5 heteroatoms. The van der Waals surface area contributed by atoms with Crippen LogP contribution in [0.4, 0.5) is 8.78 Å². The third kappa shape index (κ3) is 6.73. The second kappa shape index (κ2) is 9.94. The van der Waals surface area contributed by atoms with Gasteiger partial charge >= 0.3 is 0 Å². The van der Waals surface area contributed by atoms with Gasteiger partial charge in [-0.25, -0.2) is 8.78 Å². The number of rotatable bonds is 9. The van der Waals surface area contributed by atoms with Crippen molar-refractivity contribution < 1.29 is 13.5 Å². The first-order valence-electron chi connectivity index (χ1n) is 9.12. The van der Waals surface area contributed by atoms with Crippen molar-refractivity contribution in [2.75, 3.05) is 26.2 Å². The Morgan fingerprint density at radius 2 is 1.88 bits per heavy atom. The Balaban J connectivity index is 1.84. The molecule has 0 bridgehead atoms. The average molecular weight is 340 g/mol. The molecule has 0 aromatic heterocycles. The molecule has 1 unspecified atom stereocenters. The molecule has 3 nitrogen and oxygen atoms in total. The minimum Gasteiger partial charge on any atom is -0.475 e. The minimum absolute atomic E-state index is 0.179. The van der Waals surface area contributed by atoms with Crippen molar-refractivity contribution >= 4 is 0 Å². The molecule has 0 spiro atoms. The van der Waals surface area contributed by atoms with Crippen molar-refractivity contribution in [3.05, 3.63) is 29.8 Å². The second-order valence-corrected chi connectivity index (χ2v) is 7.03. The molecule has 0 amide bonds. The fourth-order valence-corrected chi connectivity index (χ4v) is 2.97. The lowest BCUT2D eigenvalue weighted by molar-refractivity contribution is 0.136. The van der Waals surface area contributed by atoms with Gasteiger partial charge in [0.05, 0.1) is 0 Å². The third-order valence-electron chi connectivity index (χ3n) is 4.31. The summed E-state index contributed by atoms with van der Waals surface area (Å²) < 4.78 is 32.3. The topological polar surface area (TPSA) is 24.5 Å². The van der Waals surface area contributed by atoms with Crippen LogP contribution in [0.15, 0.2) is 18.2 Å². The summed E-state index contributed by atoms with van der Waals surface area (Å²) in [6.45, 7) is 8.55. The lowest BCUT2D eigenvalue weighted by Gasteiger charge is -2.27. The molecular weight excluding hydrogens is 310 g/mol. The van der Waals surface area contributed by atoms with E-state index in [4.69, 9.17) is 4.74 Å². The Hall–Kier alpha value is -1.20. The molecule has 1 aliphatic rings. The first-order chi connectivity index (χ1) is 11.5. The molecular formula is C19H30F2N2O. The molecule has 136 valence electrons. The number of benzene rings is 1. The van der Waals surface area contributed by atoms with E-state index in [0.717, 1.165) is 38.1 Å². The van der Waals surface area contributed by atoms with Crippen molar-refractivity contribution in [3.8, 4) is 5.75 Å². The van der Waals surface area contributed by atoms with Crippen LogP contribution in [0.1, 0.15) is 46.0 Å². The molecule has 1 N–H and O–H groups in total. The van der Waals surface area contributed by atoms with Crippen LogP contribution in [0.5, 0.6) is 5.75 Å². The Labute approximate surface area is 144 Å². The fraction of sp³-hybridized carbons (Fsp3) is 0.684. The largest absolute Gasteiger partial charge is 0.475 e. The summed E-state index contributed by atoms with van der Waals surface area (Å²) in [4.78, 5) is 2.50. The molecule has 1 heterocycles. The van der Waals surface area contributed by atoms with E-state index in [1.807, 2.05) is 0 Å². The third-order valence-corrected chi connectivity index (χ3v) is 4.31. The molecule has 1 aromatic carbocycles. The van der Waals surface area contributed by atoms with Gasteiger partial charge in [0.2, 0.25) is 0 Å². The maximum atomic E-state index is 13.4. The van der Waals surface area contributed by atoms with E-state index in [2.05, 4.69) is 24.1 Å². The predicted molar refractivity (Wildman–Crippen MR) is 93.1 cm³/mol. The summed E-state index contributed by atoms with van der Waals surface area (Å²) in [5.41, 5.74) is 0. The van der Waals surface area contributed by atoms with Gasteiger partial charge < -0.3 is 9.64 Å². The van der Waals surface area contributed by atoms with E-state index < -0.39 is 11.6 Å². The lowest BCUT2D eigenvalue weighted by Crippen LogP contribution is -2.38. The van der Waals surface area contributed by atoms with Crippen molar-refractivity contribution in [2.24, 2.45) is 5.92 Å². The molecule has 1 fully saturated rings. The van der Waals surface area contributed by atoms with E-state index in [0.29, 0.717) is 11.7 Å². The van der Waals surface area contributed by atoms with Gasteiger partial charge in [-0.1, -0.05) is 20.3 Å². The normalized spacial score (nSPS) is 17.2. The van der Waals surface area contributed by atoms with Crippen LogP contribution in [0.25, 0.3) is 0 Å². The smallest absolute Gasteiger partial charge is 0.162 e. The minimum atomic E-state index is -0.872. The van der Waals surface area contributed by atoms with Gasteiger partial charge in [-0.15, -0.1) is 0 Å². The monoisotopic (exact) mass is 340 g/mol. The Morgan fingerprint density at radius 1 is 1.12 bits per heavy atom. The van der Waals surface area contributed by atoms with Crippen LogP contribution in [0.3, 0.4) is 0 Å². The molecule has 0 saturated carbocycles. The summed E-state index contributed by atoms with van der Waals surface area (Å²) in [5.74, 6) is -0.848. The quantitative estimate of drug-likeness (QED) is 0.683. The van der Waals surface area contributed by atoms with Gasteiger partial charge in [-0.2, -0.15) is 0 Å². The SMILES string of the molecule is CC(C)CNC(CCCN1CCCCC1)Oc1ccc(F)c(F)c1. The van der Waals surface area contributed by atoms with Crippen LogP contribution in [-0.2, 0) is 0 Å². The number of hydrogen-bond acceptors (Lipinski definition) is 3. The zero-order valence-corrected chi connectivity index (χ0v) is 14.9. The van der Waals surface area contributed by atoms with Crippen LogP contribution >= 0.6 is 0 Å². The summed E-state index contributed by atoms with van der Waals surface area (Å²) in [6.07, 6.45) is 5.62. The number of ether oxygens (including phenoxy) is 1. The van der Waals surface area contributed by atoms with E-state index in [1.165, 1.54) is 38.4 Å². The molecule has 24 heavy (non-hydrogen) atoms. The van der Waals surface area contributed by atoms with E-state index in [9.17, 15) is 8.78 Å². The Bertz CT molecular complexity index is 490. The highest BCUT2D eigenvalue weighted by atomic mass is 19.2. The highest BCUT2D eigenvalue weighted by molar-refractivity contribution is 5.23. The summed E-state index contributed by atoms with van der Waals surface area (Å²) in [5, 5.41) is 3.38. The second-order valence-electron chi connectivity index (χ2n) is 7.03. The van der Waals surface area contributed by atoms with E-state index in [-0.39, 0.29) is 6.23 Å². The molecule has 1 aliphatic heterocycles. The van der Waals surface area contributed by atoms with Crippen molar-refractivity contribution in [3.63, 3.8) is 0 Å². The molecule has 1 saturated heterocycles. The first-order valence-corrected chi connectivity index (χ1v) is 9.12. The zero-order valence-electron chi connectivity index (χ0n) is 14.9. The highest BCUT2D eigenvalue weighted by Crippen LogP contribution is 2.18. The van der Waals surface area contributed by atoms with Gasteiger partial charge in [0.25, 0.3) is 0 Å². The first kappa shape index (κ1) is 19.1.